The molecule has 0 N–H and O–H groups in total. The third-order valence-electron chi connectivity index (χ3n) is 1.23. The van der Waals surface area contributed by atoms with Gasteiger partial charge in [0, 0.05) is 9.79 Å². The van der Waals surface area contributed by atoms with E-state index in [0.29, 0.717) is 4.90 Å². The third-order valence-corrected chi connectivity index (χ3v) is 2.60. The second-order valence-corrected chi connectivity index (χ2v) is 3.73. The molecule has 0 aliphatic rings. The van der Waals surface area contributed by atoms with Gasteiger partial charge in [-0.1, -0.05) is 6.07 Å². The van der Waals surface area contributed by atoms with E-state index in [1.807, 2.05) is 12.3 Å². The van der Waals surface area contributed by atoms with Crippen LogP contribution >= 0.6 is 11.8 Å². The molecule has 0 saturated heterocycles. The van der Waals surface area contributed by atoms with Crippen LogP contribution in [0.5, 0.6) is 0 Å². The molecule has 0 heterocycles. The van der Waals surface area contributed by atoms with Crippen LogP contribution in [-0.4, -0.2) is 15.0 Å². The lowest BCUT2D eigenvalue weighted by atomic mass is 10.4. The van der Waals surface area contributed by atoms with Crippen LogP contribution < -0.4 is 0 Å². The minimum atomic E-state index is -2.10. The summed E-state index contributed by atoms with van der Waals surface area (Å²) in [5, 5.41) is 0. The van der Waals surface area contributed by atoms with Crippen molar-refractivity contribution in [2.75, 3.05) is 6.26 Å². The average Bonchev–Trinajstić information content (AvgIpc) is 2.05. The zero-order chi connectivity index (χ0) is 8.27. The van der Waals surface area contributed by atoms with Gasteiger partial charge in [0.15, 0.2) is 0 Å². The van der Waals surface area contributed by atoms with Gasteiger partial charge in [0.05, 0.1) is 0 Å². The minimum Gasteiger partial charge on any atom is -0.768 e. The maximum absolute atomic E-state index is 10.5. The lowest BCUT2D eigenvalue weighted by Crippen LogP contribution is -1.87. The molecule has 0 spiro atoms. The first-order valence-corrected chi connectivity index (χ1v) is 5.27. The molecule has 1 rings (SSSR count). The quantitative estimate of drug-likeness (QED) is 0.522. The fourth-order valence-electron chi connectivity index (χ4n) is 0.705. The summed E-state index contributed by atoms with van der Waals surface area (Å²) in [6.07, 6.45) is 1.91. The Morgan fingerprint density at radius 1 is 1.55 bits per heavy atom. The Bertz CT molecular complexity index is 273. The monoisotopic (exact) mass is 187 g/mol. The van der Waals surface area contributed by atoms with Crippen molar-refractivity contribution in [2.24, 2.45) is 0 Å². The van der Waals surface area contributed by atoms with E-state index in [0.717, 1.165) is 4.90 Å². The summed E-state index contributed by atoms with van der Waals surface area (Å²) in [5.41, 5.74) is 0. The molecule has 0 aliphatic carbocycles. The number of rotatable bonds is 2. The predicted molar refractivity (Wildman–Crippen MR) is 45.4 cm³/mol. The first-order valence-electron chi connectivity index (χ1n) is 2.97. The zero-order valence-electron chi connectivity index (χ0n) is 5.94. The molecule has 0 fully saturated rings. The molecule has 0 amide bonds. The third kappa shape index (κ3) is 2.32. The highest BCUT2D eigenvalue weighted by atomic mass is 32.2. The number of hydrogen-bond acceptors (Lipinski definition) is 3. The van der Waals surface area contributed by atoms with Gasteiger partial charge in [-0.2, -0.15) is 0 Å². The molecular formula is C7H7O2S2-. The highest BCUT2D eigenvalue weighted by Gasteiger charge is 1.93. The van der Waals surface area contributed by atoms with E-state index in [4.69, 9.17) is 0 Å². The SMILES string of the molecule is CSc1cccc(S(=O)[O-])c1. The van der Waals surface area contributed by atoms with Gasteiger partial charge in [0.25, 0.3) is 0 Å². The average molecular weight is 187 g/mol. The molecule has 1 aromatic rings. The van der Waals surface area contributed by atoms with Crippen LogP contribution in [0, 0.1) is 0 Å². The maximum atomic E-state index is 10.5. The second kappa shape index (κ2) is 3.90. The number of thioether (sulfide) groups is 1. The van der Waals surface area contributed by atoms with Crippen LogP contribution in [0.4, 0.5) is 0 Å². The van der Waals surface area contributed by atoms with E-state index in [2.05, 4.69) is 0 Å². The number of benzene rings is 1. The van der Waals surface area contributed by atoms with Crippen molar-refractivity contribution in [3.8, 4) is 0 Å². The van der Waals surface area contributed by atoms with Crippen molar-refractivity contribution in [3.05, 3.63) is 24.3 Å². The van der Waals surface area contributed by atoms with Crippen molar-refractivity contribution in [2.45, 2.75) is 9.79 Å². The summed E-state index contributed by atoms with van der Waals surface area (Å²) in [4.78, 5) is 1.31. The lowest BCUT2D eigenvalue weighted by Gasteiger charge is -2.05. The Morgan fingerprint density at radius 3 is 2.82 bits per heavy atom. The van der Waals surface area contributed by atoms with Crippen molar-refractivity contribution >= 4 is 22.8 Å². The molecule has 0 saturated carbocycles. The molecule has 0 aromatic heterocycles. The molecule has 1 aromatic carbocycles. The lowest BCUT2D eigenvalue weighted by molar-refractivity contribution is 0.537. The van der Waals surface area contributed by atoms with Crippen molar-refractivity contribution in [1.29, 1.82) is 0 Å². The van der Waals surface area contributed by atoms with Gasteiger partial charge in [0.2, 0.25) is 0 Å². The molecular weight excluding hydrogens is 180 g/mol. The van der Waals surface area contributed by atoms with Crippen LogP contribution in [0.25, 0.3) is 0 Å². The molecule has 11 heavy (non-hydrogen) atoms. The first-order chi connectivity index (χ1) is 5.24. The van der Waals surface area contributed by atoms with Crippen molar-refractivity contribution < 1.29 is 8.76 Å². The highest BCUT2D eigenvalue weighted by molar-refractivity contribution is 7.98. The summed E-state index contributed by atoms with van der Waals surface area (Å²) in [5.74, 6) is 0. The fraction of sp³-hybridized carbons (Fsp3) is 0.143. The van der Waals surface area contributed by atoms with Crippen LogP contribution in [0.1, 0.15) is 0 Å². The molecule has 0 bridgehead atoms. The molecule has 1 atom stereocenters. The van der Waals surface area contributed by atoms with Gasteiger partial charge < -0.3 is 4.55 Å². The molecule has 0 aliphatic heterocycles. The summed E-state index contributed by atoms with van der Waals surface area (Å²) in [6.45, 7) is 0. The van der Waals surface area contributed by atoms with E-state index in [-0.39, 0.29) is 0 Å². The molecule has 2 nitrogen and oxygen atoms in total. The van der Waals surface area contributed by atoms with E-state index in [9.17, 15) is 8.76 Å². The Morgan fingerprint density at radius 2 is 2.27 bits per heavy atom. The van der Waals surface area contributed by atoms with Gasteiger partial charge in [-0.15, -0.1) is 11.8 Å². The maximum Gasteiger partial charge on any atom is 0.0259 e. The molecule has 1 unspecified atom stereocenters. The Hall–Kier alpha value is -0.320. The van der Waals surface area contributed by atoms with Crippen molar-refractivity contribution in [3.63, 3.8) is 0 Å². The Balaban J connectivity index is 3.01. The summed E-state index contributed by atoms with van der Waals surface area (Å²) >= 11 is -0.577. The largest absolute Gasteiger partial charge is 0.768 e. The van der Waals surface area contributed by atoms with Gasteiger partial charge in [-0.3, -0.25) is 4.21 Å². The smallest absolute Gasteiger partial charge is 0.0259 e. The molecule has 60 valence electrons. The predicted octanol–water partition coefficient (Wildman–Crippen LogP) is 1.65. The first kappa shape index (κ1) is 8.77. The number of hydrogen-bond donors (Lipinski definition) is 0. The van der Waals surface area contributed by atoms with Crippen LogP contribution in [0.15, 0.2) is 34.1 Å². The second-order valence-electron chi connectivity index (χ2n) is 1.91. The topological polar surface area (TPSA) is 40.1 Å². The summed E-state index contributed by atoms with van der Waals surface area (Å²) in [7, 11) is 0. The highest BCUT2D eigenvalue weighted by Crippen LogP contribution is 2.16. The van der Waals surface area contributed by atoms with E-state index >= 15 is 0 Å². The Labute approximate surface area is 72.3 Å². The van der Waals surface area contributed by atoms with Crippen LogP contribution in [0.3, 0.4) is 0 Å². The molecule has 0 radical (unpaired) electrons. The van der Waals surface area contributed by atoms with Gasteiger partial charge >= 0.3 is 0 Å². The van der Waals surface area contributed by atoms with Gasteiger partial charge in [-0.25, -0.2) is 0 Å². The van der Waals surface area contributed by atoms with Crippen LogP contribution in [-0.2, 0) is 11.1 Å². The summed E-state index contributed by atoms with van der Waals surface area (Å²) in [6, 6.07) is 6.83. The van der Waals surface area contributed by atoms with Gasteiger partial charge in [0.1, 0.15) is 0 Å². The zero-order valence-corrected chi connectivity index (χ0v) is 7.58. The van der Waals surface area contributed by atoms with E-state index in [1.165, 1.54) is 11.8 Å². The van der Waals surface area contributed by atoms with Crippen LogP contribution in [0.2, 0.25) is 0 Å². The minimum absolute atomic E-state index is 0.344. The van der Waals surface area contributed by atoms with Crippen molar-refractivity contribution in [1.82, 2.24) is 0 Å². The van der Waals surface area contributed by atoms with E-state index < -0.39 is 11.1 Å². The molecule has 4 heteroatoms. The van der Waals surface area contributed by atoms with Gasteiger partial charge in [-0.05, 0) is 35.5 Å². The normalized spacial score (nSPS) is 12.9. The summed E-state index contributed by atoms with van der Waals surface area (Å²) < 4.78 is 20.9. The Kier molecular flexibility index (Phi) is 3.11. The fourth-order valence-corrected chi connectivity index (χ4v) is 1.65. The standard InChI is InChI=1S/C7H8O2S2/c1-10-6-3-2-4-7(5-6)11(8)9/h2-5H,1H3,(H,8,9)/p-1. The van der Waals surface area contributed by atoms with E-state index in [1.54, 1.807) is 18.2 Å².